The first-order valence-corrected chi connectivity index (χ1v) is 5.33. The quantitative estimate of drug-likeness (QED) is 0.864. The molecule has 0 aliphatic carbocycles. The molecule has 0 radical (unpaired) electrons. The summed E-state index contributed by atoms with van der Waals surface area (Å²) in [5.41, 5.74) is -1.01. The second-order valence-electron chi connectivity index (χ2n) is 3.84. The zero-order valence-corrected chi connectivity index (χ0v) is 9.64. The molecular formula is C12H14F3NO. The van der Waals surface area contributed by atoms with Crippen LogP contribution in [0.25, 0.3) is 0 Å². The second kappa shape index (κ2) is 5.21. The number of para-hydroxylation sites is 1. The smallest absolute Gasteiger partial charge is 0.325 e. The Hall–Kier alpha value is -1.52. The van der Waals surface area contributed by atoms with Gasteiger partial charge in [0.1, 0.15) is 0 Å². The van der Waals surface area contributed by atoms with Gasteiger partial charge < -0.3 is 5.32 Å². The number of nitrogens with one attached hydrogen (secondary N) is 1. The van der Waals surface area contributed by atoms with Gasteiger partial charge in [-0.1, -0.05) is 26.0 Å². The fourth-order valence-electron chi connectivity index (χ4n) is 1.28. The minimum absolute atomic E-state index is 0.190. The monoisotopic (exact) mass is 245 g/mol. The van der Waals surface area contributed by atoms with Crippen LogP contribution in [0.1, 0.15) is 25.8 Å². The maximum atomic E-state index is 12.6. The van der Waals surface area contributed by atoms with Crippen LogP contribution in [0.2, 0.25) is 0 Å². The van der Waals surface area contributed by atoms with Crippen LogP contribution >= 0.6 is 0 Å². The van der Waals surface area contributed by atoms with E-state index in [4.69, 9.17) is 0 Å². The Labute approximate surface area is 97.8 Å². The predicted octanol–water partition coefficient (Wildman–Crippen LogP) is 3.69. The van der Waals surface area contributed by atoms with E-state index in [1.807, 2.05) is 0 Å². The summed E-state index contributed by atoms with van der Waals surface area (Å²) in [6, 6.07) is 4.96. The van der Waals surface area contributed by atoms with E-state index < -0.39 is 17.6 Å². The van der Waals surface area contributed by atoms with Crippen LogP contribution in [0.4, 0.5) is 18.9 Å². The van der Waals surface area contributed by atoms with Crippen molar-refractivity contribution >= 4 is 11.6 Å². The molecule has 1 unspecified atom stereocenters. The predicted molar refractivity (Wildman–Crippen MR) is 59.5 cm³/mol. The number of rotatable bonds is 3. The topological polar surface area (TPSA) is 29.1 Å². The van der Waals surface area contributed by atoms with Crippen molar-refractivity contribution in [2.75, 3.05) is 5.32 Å². The van der Waals surface area contributed by atoms with Crippen LogP contribution in [0.5, 0.6) is 0 Å². The second-order valence-corrected chi connectivity index (χ2v) is 3.84. The van der Waals surface area contributed by atoms with E-state index in [9.17, 15) is 18.0 Å². The highest BCUT2D eigenvalue weighted by atomic mass is 19.4. The molecule has 0 aromatic heterocycles. The van der Waals surface area contributed by atoms with Crippen molar-refractivity contribution in [3.8, 4) is 0 Å². The molecule has 1 atom stereocenters. The van der Waals surface area contributed by atoms with Crippen LogP contribution < -0.4 is 5.32 Å². The van der Waals surface area contributed by atoms with Crippen molar-refractivity contribution in [2.24, 2.45) is 5.92 Å². The molecule has 17 heavy (non-hydrogen) atoms. The summed E-state index contributed by atoms with van der Waals surface area (Å²) in [5.74, 6) is -0.708. The Balaban J connectivity index is 2.96. The number of anilines is 1. The molecule has 0 saturated heterocycles. The van der Waals surface area contributed by atoms with Gasteiger partial charge in [0.25, 0.3) is 0 Å². The minimum Gasteiger partial charge on any atom is -0.325 e. The number of carbonyl (C=O) groups excluding carboxylic acids is 1. The Morgan fingerprint density at radius 2 is 1.94 bits per heavy atom. The molecule has 1 aromatic rings. The molecule has 0 aliphatic heterocycles. The van der Waals surface area contributed by atoms with Crippen LogP contribution in [0.15, 0.2) is 24.3 Å². The van der Waals surface area contributed by atoms with Crippen LogP contribution in [0.3, 0.4) is 0 Å². The zero-order chi connectivity index (χ0) is 13.1. The Morgan fingerprint density at radius 1 is 1.35 bits per heavy atom. The van der Waals surface area contributed by atoms with Gasteiger partial charge >= 0.3 is 6.18 Å². The molecule has 0 aliphatic rings. The third-order valence-electron chi connectivity index (χ3n) is 2.55. The summed E-state index contributed by atoms with van der Waals surface area (Å²) in [5, 5.41) is 2.31. The van der Waals surface area contributed by atoms with E-state index in [0.29, 0.717) is 6.42 Å². The standard InChI is InChI=1S/C12H14F3NO/c1-3-8(2)11(17)16-10-7-5-4-6-9(10)12(13,14)15/h4-8H,3H2,1-2H3,(H,16,17). The van der Waals surface area contributed by atoms with Gasteiger partial charge in [0.15, 0.2) is 0 Å². The van der Waals surface area contributed by atoms with Gasteiger partial charge in [-0.25, -0.2) is 0 Å². The lowest BCUT2D eigenvalue weighted by Gasteiger charge is -2.15. The van der Waals surface area contributed by atoms with Crippen molar-refractivity contribution in [1.82, 2.24) is 0 Å². The summed E-state index contributed by atoms with van der Waals surface area (Å²) >= 11 is 0. The summed E-state index contributed by atoms with van der Waals surface area (Å²) in [6.07, 6.45) is -3.88. The summed E-state index contributed by atoms with van der Waals surface area (Å²) in [7, 11) is 0. The zero-order valence-electron chi connectivity index (χ0n) is 9.64. The Morgan fingerprint density at radius 3 is 2.47 bits per heavy atom. The Bertz CT molecular complexity index is 401. The lowest BCUT2D eigenvalue weighted by molar-refractivity contribution is -0.137. The van der Waals surface area contributed by atoms with Crippen LogP contribution in [0, 0.1) is 5.92 Å². The first-order chi connectivity index (χ1) is 7.86. The van der Waals surface area contributed by atoms with Gasteiger partial charge in [0.05, 0.1) is 11.3 Å². The molecule has 0 heterocycles. The number of hydrogen-bond donors (Lipinski definition) is 1. The minimum atomic E-state index is -4.46. The average molecular weight is 245 g/mol. The van der Waals surface area contributed by atoms with Gasteiger partial charge in [-0.3, -0.25) is 4.79 Å². The number of carbonyl (C=O) groups is 1. The van der Waals surface area contributed by atoms with E-state index in [0.717, 1.165) is 6.07 Å². The molecule has 1 rings (SSSR count). The van der Waals surface area contributed by atoms with Gasteiger partial charge in [0, 0.05) is 5.92 Å². The summed E-state index contributed by atoms with van der Waals surface area (Å²) < 4.78 is 37.9. The lowest BCUT2D eigenvalue weighted by atomic mass is 10.1. The molecule has 1 aromatic carbocycles. The summed E-state index contributed by atoms with van der Waals surface area (Å²) in [4.78, 5) is 11.5. The third kappa shape index (κ3) is 3.47. The van der Waals surface area contributed by atoms with E-state index in [2.05, 4.69) is 5.32 Å². The fraction of sp³-hybridized carbons (Fsp3) is 0.417. The van der Waals surface area contributed by atoms with Gasteiger partial charge in [0.2, 0.25) is 5.91 Å². The van der Waals surface area contributed by atoms with Crippen molar-refractivity contribution in [1.29, 1.82) is 0 Å². The normalized spacial score (nSPS) is 13.2. The number of hydrogen-bond acceptors (Lipinski definition) is 1. The average Bonchev–Trinajstić information content (AvgIpc) is 2.27. The van der Waals surface area contributed by atoms with Crippen LogP contribution in [-0.4, -0.2) is 5.91 Å². The fourth-order valence-corrected chi connectivity index (χ4v) is 1.28. The molecule has 0 saturated carbocycles. The number of alkyl halides is 3. The van der Waals surface area contributed by atoms with Crippen molar-refractivity contribution < 1.29 is 18.0 Å². The van der Waals surface area contributed by atoms with E-state index in [1.54, 1.807) is 13.8 Å². The third-order valence-corrected chi connectivity index (χ3v) is 2.55. The van der Waals surface area contributed by atoms with Crippen LogP contribution in [-0.2, 0) is 11.0 Å². The van der Waals surface area contributed by atoms with E-state index in [1.165, 1.54) is 18.2 Å². The first kappa shape index (κ1) is 13.5. The van der Waals surface area contributed by atoms with Gasteiger partial charge in [-0.15, -0.1) is 0 Å². The summed E-state index contributed by atoms with van der Waals surface area (Å²) in [6.45, 7) is 3.48. The lowest BCUT2D eigenvalue weighted by Crippen LogP contribution is -2.22. The van der Waals surface area contributed by atoms with Gasteiger partial charge in [-0.2, -0.15) is 13.2 Å². The number of halogens is 3. The molecule has 0 bridgehead atoms. The van der Waals surface area contributed by atoms with E-state index in [-0.39, 0.29) is 11.6 Å². The molecular weight excluding hydrogens is 231 g/mol. The van der Waals surface area contributed by atoms with Gasteiger partial charge in [-0.05, 0) is 18.6 Å². The van der Waals surface area contributed by atoms with Crippen molar-refractivity contribution in [2.45, 2.75) is 26.4 Å². The van der Waals surface area contributed by atoms with E-state index >= 15 is 0 Å². The highest BCUT2D eigenvalue weighted by Gasteiger charge is 2.33. The maximum absolute atomic E-state index is 12.6. The SMILES string of the molecule is CCC(C)C(=O)Nc1ccccc1C(F)(F)F. The molecule has 1 amide bonds. The Kier molecular flexibility index (Phi) is 4.15. The molecule has 2 nitrogen and oxygen atoms in total. The number of amides is 1. The van der Waals surface area contributed by atoms with Crippen molar-refractivity contribution in [3.05, 3.63) is 29.8 Å². The van der Waals surface area contributed by atoms with Crippen molar-refractivity contribution in [3.63, 3.8) is 0 Å². The first-order valence-electron chi connectivity index (χ1n) is 5.33. The highest BCUT2D eigenvalue weighted by molar-refractivity contribution is 5.93. The molecule has 94 valence electrons. The number of benzene rings is 1. The molecule has 0 spiro atoms. The largest absolute Gasteiger partial charge is 0.418 e. The molecule has 5 heteroatoms. The highest BCUT2D eigenvalue weighted by Crippen LogP contribution is 2.34. The molecule has 0 fully saturated rings. The molecule has 1 N–H and O–H groups in total. The maximum Gasteiger partial charge on any atom is 0.418 e.